The van der Waals surface area contributed by atoms with Gasteiger partial charge in [0, 0.05) is 16.8 Å². The zero-order chi connectivity index (χ0) is 12.4. The van der Waals surface area contributed by atoms with Crippen LogP contribution in [0.2, 0.25) is 0 Å². The number of benzene rings is 2. The molecule has 0 aliphatic carbocycles. The van der Waals surface area contributed by atoms with Crippen molar-refractivity contribution in [1.29, 1.82) is 0 Å². The summed E-state index contributed by atoms with van der Waals surface area (Å²) in [6.07, 6.45) is 0. The molecule has 86 valence electrons. The van der Waals surface area contributed by atoms with Crippen molar-refractivity contribution in [1.82, 2.24) is 0 Å². The molecule has 0 saturated heterocycles. The molecule has 0 amide bonds. The lowest BCUT2D eigenvalue weighted by molar-refractivity contribution is 0.103. The van der Waals surface area contributed by atoms with Gasteiger partial charge in [0.1, 0.15) is 0 Å². The number of aryl methyl sites for hydroxylation is 2. The molecule has 2 rings (SSSR count). The monoisotopic (exact) mass is 225 g/mol. The van der Waals surface area contributed by atoms with Gasteiger partial charge in [-0.25, -0.2) is 0 Å². The Kier molecular flexibility index (Phi) is 2.96. The Morgan fingerprint density at radius 2 is 1.71 bits per heavy atom. The normalized spacial score (nSPS) is 10.2. The molecule has 0 fully saturated rings. The summed E-state index contributed by atoms with van der Waals surface area (Å²) in [6.45, 7) is 4.03. The van der Waals surface area contributed by atoms with Crippen molar-refractivity contribution in [3.63, 3.8) is 0 Å². The van der Waals surface area contributed by atoms with Crippen molar-refractivity contribution in [3.05, 3.63) is 64.7 Å². The van der Waals surface area contributed by atoms with E-state index >= 15 is 0 Å². The number of hydrogen-bond donors (Lipinski definition) is 1. The van der Waals surface area contributed by atoms with E-state index in [0.717, 1.165) is 5.56 Å². The lowest BCUT2D eigenvalue weighted by Crippen LogP contribution is -2.05. The van der Waals surface area contributed by atoms with E-state index in [-0.39, 0.29) is 5.78 Å². The minimum Gasteiger partial charge on any atom is -0.398 e. The van der Waals surface area contributed by atoms with Gasteiger partial charge in [0.15, 0.2) is 5.78 Å². The molecule has 0 atom stereocenters. The number of para-hydroxylation sites is 1. The van der Waals surface area contributed by atoms with Gasteiger partial charge in [0.05, 0.1) is 0 Å². The van der Waals surface area contributed by atoms with Gasteiger partial charge >= 0.3 is 0 Å². The van der Waals surface area contributed by atoms with Crippen LogP contribution in [0.5, 0.6) is 0 Å². The van der Waals surface area contributed by atoms with E-state index in [0.29, 0.717) is 16.8 Å². The first-order chi connectivity index (χ1) is 8.09. The van der Waals surface area contributed by atoms with Gasteiger partial charge < -0.3 is 5.73 Å². The molecule has 2 nitrogen and oxygen atoms in total. The third-order valence-corrected chi connectivity index (χ3v) is 2.97. The number of nitrogen functional groups attached to an aromatic ring is 1. The van der Waals surface area contributed by atoms with Crippen LogP contribution in [0.3, 0.4) is 0 Å². The van der Waals surface area contributed by atoms with Gasteiger partial charge in [-0.05, 0) is 43.2 Å². The van der Waals surface area contributed by atoms with E-state index in [1.54, 1.807) is 12.1 Å². The van der Waals surface area contributed by atoms with Crippen molar-refractivity contribution in [2.24, 2.45) is 0 Å². The maximum absolute atomic E-state index is 12.3. The second-order valence-electron chi connectivity index (χ2n) is 4.22. The zero-order valence-electron chi connectivity index (χ0n) is 10.0. The molecule has 0 radical (unpaired) electrons. The molecule has 17 heavy (non-hydrogen) atoms. The second-order valence-corrected chi connectivity index (χ2v) is 4.22. The molecular weight excluding hydrogens is 210 g/mol. The van der Waals surface area contributed by atoms with Crippen molar-refractivity contribution in [3.8, 4) is 0 Å². The number of rotatable bonds is 2. The quantitative estimate of drug-likeness (QED) is 0.630. The highest BCUT2D eigenvalue weighted by Gasteiger charge is 2.11. The molecule has 0 aliphatic rings. The lowest BCUT2D eigenvalue weighted by atomic mass is 9.98. The highest BCUT2D eigenvalue weighted by molar-refractivity contribution is 6.12. The highest BCUT2D eigenvalue weighted by Crippen LogP contribution is 2.18. The summed E-state index contributed by atoms with van der Waals surface area (Å²) in [5.41, 5.74) is 9.88. The number of carbonyl (C=O) groups excluding carboxylic acids is 1. The van der Waals surface area contributed by atoms with Gasteiger partial charge in [-0.3, -0.25) is 4.79 Å². The summed E-state index contributed by atoms with van der Waals surface area (Å²) in [4.78, 5) is 12.3. The average molecular weight is 225 g/mol. The third kappa shape index (κ3) is 2.21. The largest absolute Gasteiger partial charge is 0.398 e. The number of carbonyl (C=O) groups is 1. The summed E-state index contributed by atoms with van der Waals surface area (Å²) in [5.74, 6) is -0.0220. The highest BCUT2D eigenvalue weighted by atomic mass is 16.1. The molecule has 2 aromatic carbocycles. The van der Waals surface area contributed by atoms with Gasteiger partial charge in [-0.2, -0.15) is 0 Å². The number of nitrogens with two attached hydrogens (primary N) is 1. The number of hydrogen-bond acceptors (Lipinski definition) is 2. The summed E-state index contributed by atoms with van der Waals surface area (Å²) < 4.78 is 0. The van der Waals surface area contributed by atoms with Crippen LogP contribution in [0.1, 0.15) is 27.0 Å². The Bertz CT molecular complexity index is 573. The molecule has 0 saturated carbocycles. The summed E-state index contributed by atoms with van der Waals surface area (Å²) >= 11 is 0. The van der Waals surface area contributed by atoms with E-state index in [1.165, 1.54) is 5.56 Å². The van der Waals surface area contributed by atoms with Crippen molar-refractivity contribution in [2.45, 2.75) is 13.8 Å². The van der Waals surface area contributed by atoms with E-state index < -0.39 is 0 Å². The Labute approximate surface area is 101 Å². The SMILES string of the molecule is Cc1ccc(C(=O)c2ccccc2N)cc1C. The Balaban J connectivity index is 2.44. The second kappa shape index (κ2) is 4.42. The Hall–Kier alpha value is -2.09. The maximum Gasteiger partial charge on any atom is 0.195 e. The van der Waals surface area contributed by atoms with Gasteiger partial charge in [-0.1, -0.05) is 24.3 Å². The Morgan fingerprint density at radius 3 is 2.35 bits per heavy atom. The fourth-order valence-electron chi connectivity index (χ4n) is 1.74. The summed E-state index contributed by atoms with van der Waals surface area (Å²) in [5, 5.41) is 0. The minimum absolute atomic E-state index is 0.0220. The van der Waals surface area contributed by atoms with Crippen molar-refractivity contribution in [2.75, 3.05) is 5.73 Å². The van der Waals surface area contributed by atoms with Crippen LogP contribution in [0, 0.1) is 13.8 Å². The molecule has 0 aliphatic heterocycles. The first-order valence-corrected chi connectivity index (χ1v) is 5.56. The van der Waals surface area contributed by atoms with Gasteiger partial charge in [0.2, 0.25) is 0 Å². The Morgan fingerprint density at radius 1 is 1.00 bits per heavy atom. The molecule has 2 aromatic rings. The molecule has 2 N–H and O–H groups in total. The van der Waals surface area contributed by atoms with Crippen LogP contribution in [0.15, 0.2) is 42.5 Å². The molecule has 2 heteroatoms. The predicted molar refractivity (Wildman–Crippen MR) is 70.2 cm³/mol. The summed E-state index contributed by atoms with van der Waals surface area (Å²) in [7, 11) is 0. The predicted octanol–water partition coefficient (Wildman–Crippen LogP) is 3.12. The smallest absolute Gasteiger partial charge is 0.195 e. The topological polar surface area (TPSA) is 43.1 Å². The number of anilines is 1. The molecule has 0 heterocycles. The number of ketones is 1. The van der Waals surface area contributed by atoms with Crippen LogP contribution in [0.4, 0.5) is 5.69 Å². The fraction of sp³-hybridized carbons (Fsp3) is 0.133. The van der Waals surface area contributed by atoms with E-state index in [9.17, 15) is 4.79 Å². The molecule has 0 bridgehead atoms. The zero-order valence-corrected chi connectivity index (χ0v) is 10.0. The maximum atomic E-state index is 12.3. The minimum atomic E-state index is -0.0220. The third-order valence-electron chi connectivity index (χ3n) is 2.97. The standard InChI is InChI=1S/C15H15NO/c1-10-7-8-12(9-11(10)2)15(17)13-5-3-4-6-14(13)16/h3-9H,16H2,1-2H3. The first-order valence-electron chi connectivity index (χ1n) is 5.56. The molecule has 0 unspecified atom stereocenters. The van der Waals surface area contributed by atoms with Crippen LogP contribution in [0.25, 0.3) is 0 Å². The van der Waals surface area contributed by atoms with Crippen molar-refractivity contribution < 1.29 is 4.79 Å². The first kappa shape index (κ1) is 11.4. The van der Waals surface area contributed by atoms with Crippen LogP contribution in [-0.4, -0.2) is 5.78 Å². The van der Waals surface area contributed by atoms with Gasteiger partial charge in [0.25, 0.3) is 0 Å². The van der Waals surface area contributed by atoms with E-state index in [2.05, 4.69) is 0 Å². The average Bonchev–Trinajstić information content (AvgIpc) is 2.32. The van der Waals surface area contributed by atoms with E-state index in [1.807, 2.05) is 44.2 Å². The molecule has 0 spiro atoms. The molecular formula is C15H15NO. The van der Waals surface area contributed by atoms with Gasteiger partial charge in [-0.15, -0.1) is 0 Å². The fourth-order valence-corrected chi connectivity index (χ4v) is 1.74. The van der Waals surface area contributed by atoms with Crippen LogP contribution in [-0.2, 0) is 0 Å². The van der Waals surface area contributed by atoms with E-state index in [4.69, 9.17) is 5.73 Å². The molecule has 0 aromatic heterocycles. The van der Waals surface area contributed by atoms with Crippen LogP contribution < -0.4 is 5.73 Å². The lowest BCUT2D eigenvalue weighted by Gasteiger charge is -2.06. The van der Waals surface area contributed by atoms with Crippen molar-refractivity contribution >= 4 is 11.5 Å². The summed E-state index contributed by atoms with van der Waals surface area (Å²) in [6, 6.07) is 12.9. The van der Waals surface area contributed by atoms with Crippen LogP contribution >= 0.6 is 0 Å².